The summed E-state index contributed by atoms with van der Waals surface area (Å²) in [5.74, 6) is -0.205. The topological polar surface area (TPSA) is 102 Å². The monoisotopic (exact) mass is 416 g/mol. The van der Waals surface area contributed by atoms with Crippen molar-refractivity contribution in [1.29, 1.82) is 0 Å². The number of hydrogen-bond donors (Lipinski definition) is 2. The van der Waals surface area contributed by atoms with Crippen LogP contribution in [0.15, 0.2) is 61.1 Å². The van der Waals surface area contributed by atoms with E-state index in [0.717, 1.165) is 24.0 Å². The van der Waals surface area contributed by atoms with Crippen molar-refractivity contribution in [3.05, 3.63) is 72.4 Å². The highest BCUT2D eigenvalue weighted by molar-refractivity contribution is 6.03. The molecule has 0 atom stereocenters. The fraction of sp³-hybridized carbons (Fsp3) is 0.136. The molecule has 0 bridgehead atoms. The molecule has 0 saturated carbocycles. The number of ether oxygens (including phenoxy) is 1. The lowest BCUT2D eigenvalue weighted by Gasteiger charge is -2.27. The van der Waals surface area contributed by atoms with Crippen LogP contribution in [0.3, 0.4) is 0 Å². The van der Waals surface area contributed by atoms with E-state index in [4.69, 9.17) is 4.74 Å². The van der Waals surface area contributed by atoms with Crippen LogP contribution in [0.2, 0.25) is 0 Å². The second-order valence-electron chi connectivity index (χ2n) is 7.07. The van der Waals surface area contributed by atoms with Crippen molar-refractivity contribution in [1.82, 2.24) is 25.3 Å². The number of amides is 1. The van der Waals surface area contributed by atoms with Gasteiger partial charge < -0.3 is 10.1 Å². The molecule has 1 amide bonds. The van der Waals surface area contributed by atoms with Gasteiger partial charge in [0, 0.05) is 35.8 Å². The zero-order chi connectivity index (χ0) is 21.2. The second kappa shape index (κ2) is 8.04. The van der Waals surface area contributed by atoms with Crippen molar-refractivity contribution in [3.63, 3.8) is 0 Å². The summed E-state index contributed by atoms with van der Waals surface area (Å²) < 4.78 is 18.8. The maximum Gasteiger partial charge on any atom is 0.258 e. The van der Waals surface area contributed by atoms with E-state index in [2.05, 4.69) is 30.6 Å². The molecule has 31 heavy (non-hydrogen) atoms. The molecule has 0 spiro atoms. The summed E-state index contributed by atoms with van der Waals surface area (Å²) in [4.78, 5) is 29.7. The first-order chi connectivity index (χ1) is 15.1. The van der Waals surface area contributed by atoms with Crippen molar-refractivity contribution in [2.24, 2.45) is 0 Å². The van der Waals surface area contributed by atoms with E-state index in [1.807, 2.05) is 18.2 Å². The van der Waals surface area contributed by atoms with Gasteiger partial charge >= 0.3 is 0 Å². The largest absolute Gasteiger partial charge is 0.471 e. The lowest BCUT2D eigenvalue weighted by molar-refractivity contribution is 0.102. The van der Waals surface area contributed by atoms with E-state index in [1.54, 1.807) is 18.6 Å². The average Bonchev–Trinajstić information content (AvgIpc) is 2.76. The third kappa shape index (κ3) is 4.17. The maximum absolute atomic E-state index is 13.1. The Hall–Kier alpha value is -3.98. The van der Waals surface area contributed by atoms with Crippen molar-refractivity contribution >= 4 is 22.8 Å². The Morgan fingerprint density at radius 1 is 1.06 bits per heavy atom. The van der Waals surface area contributed by atoms with E-state index in [9.17, 15) is 9.18 Å². The number of carbonyl (C=O) groups excluding carboxylic acids is 1. The first kappa shape index (κ1) is 19.0. The number of carbonyl (C=O) groups is 1. The summed E-state index contributed by atoms with van der Waals surface area (Å²) in [7, 11) is 0. The zero-order valence-electron chi connectivity index (χ0n) is 16.2. The van der Waals surface area contributed by atoms with E-state index >= 15 is 0 Å². The Bertz CT molecular complexity index is 1260. The molecule has 5 rings (SSSR count). The lowest BCUT2D eigenvalue weighted by Crippen LogP contribution is -2.50. The van der Waals surface area contributed by atoms with Crippen LogP contribution in [0, 0.1) is 5.82 Å². The third-order valence-corrected chi connectivity index (χ3v) is 4.85. The van der Waals surface area contributed by atoms with E-state index in [1.165, 1.54) is 24.3 Å². The minimum absolute atomic E-state index is 0.112. The number of fused-ring (bicyclic) bond motifs is 1. The lowest BCUT2D eigenvalue weighted by atomic mass is 10.1. The van der Waals surface area contributed by atoms with Gasteiger partial charge in [-0.05, 0) is 30.3 Å². The summed E-state index contributed by atoms with van der Waals surface area (Å²) in [6, 6.07) is 10.9. The predicted molar refractivity (Wildman–Crippen MR) is 112 cm³/mol. The van der Waals surface area contributed by atoms with Gasteiger partial charge in [0.2, 0.25) is 11.8 Å². The van der Waals surface area contributed by atoms with Gasteiger partial charge in [0.15, 0.2) is 0 Å². The Kier molecular flexibility index (Phi) is 4.93. The molecule has 1 saturated heterocycles. The molecular formula is C22H17FN6O2. The van der Waals surface area contributed by atoms with Gasteiger partial charge in [-0.25, -0.2) is 19.3 Å². The van der Waals surface area contributed by atoms with Crippen molar-refractivity contribution in [2.75, 3.05) is 18.4 Å². The molecule has 8 nitrogen and oxygen atoms in total. The molecule has 2 N–H and O–H groups in total. The van der Waals surface area contributed by atoms with Crippen molar-refractivity contribution in [3.8, 4) is 17.1 Å². The quantitative estimate of drug-likeness (QED) is 0.516. The Balaban J connectivity index is 1.39. The molecule has 0 aliphatic carbocycles. The summed E-state index contributed by atoms with van der Waals surface area (Å²) in [6.07, 6.45) is 4.99. The number of nitrogens with one attached hydrogen (secondary N) is 2. The Labute approximate surface area is 176 Å². The highest BCUT2D eigenvalue weighted by Crippen LogP contribution is 2.24. The number of halogens is 1. The molecule has 2 aromatic carbocycles. The molecular weight excluding hydrogens is 399 g/mol. The van der Waals surface area contributed by atoms with Gasteiger partial charge in [0.1, 0.15) is 11.9 Å². The summed E-state index contributed by atoms with van der Waals surface area (Å²) in [6.45, 7) is 1.59. The number of anilines is 1. The predicted octanol–water partition coefficient (Wildman–Crippen LogP) is 2.83. The maximum atomic E-state index is 13.1. The standard InChI is InChI=1S/C22H17FN6O2/c23-16-5-3-13(4-6-16)21(30)29-22-26-8-15-2-1-14(7-18(15)28-22)19-11-25-12-20(27-19)31-17-9-24-10-17/h1-8,11-12,17,24H,9-10H2,(H,26,28,29,30). The van der Waals surface area contributed by atoms with Crippen LogP contribution in [-0.2, 0) is 0 Å². The first-order valence-corrected chi connectivity index (χ1v) is 9.67. The minimum Gasteiger partial charge on any atom is -0.471 e. The molecule has 3 heterocycles. The average molecular weight is 416 g/mol. The fourth-order valence-corrected chi connectivity index (χ4v) is 3.08. The number of hydrogen-bond acceptors (Lipinski definition) is 7. The number of aromatic nitrogens is 4. The summed E-state index contributed by atoms with van der Waals surface area (Å²) in [5.41, 5.74) is 2.42. The smallest absolute Gasteiger partial charge is 0.258 e. The Morgan fingerprint density at radius 2 is 1.90 bits per heavy atom. The molecule has 1 aliphatic rings. The molecule has 1 aliphatic heterocycles. The highest BCUT2D eigenvalue weighted by Gasteiger charge is 2.19. The van der Waals surface area contributed by atoms with Crippen LogP contribution in [0.5, 0.6) is 5.88 Å². The van der Waals surface area contributed by atoms with Crippen LogP contribution < -0.4 is 15.4 Å². The molecule has 154 valence electrons. The van der Waals surface area contributed by atoms with Gasteiger partial charge in [-0.3, -0.25) is 15.1 Å². The van der Waals surface area contributed by atoms with Crippen molar-refractivity contribution < 1.29 is 13.9 Å². The van der Waals surface area contributed by atoms with Crippen LogP contribution in [0.1, 0.15) is 10.4 Å². The number of benzene rings is 2. The van der Waals surface area contributed by atoms with Crippen molar-refractivity contribution in [2.45, 2.75) is 6.10 Å². The summed E-state index contributed by atoms with van der Waals surface area (Å²) >= 11 is 0. The molecule has 4 aromatic rings. The van der Waals surface area contributed by atoms with Crippen LogP contribution in [0.4, 0.5) is 10.3 Å². The van der Waals surface area contributed by atoms with E-state index < -0.39 is 11.7 Å². The van der Waals surface area contributed by atoms with Crippen LogP contribution in [-0.4, -0.2) is 45.0 Å². The van der Waals surface area contributed by atoms with Crippen LogP contribution >= 0.6 is 0 Å². The number of nitrogens with zero attached hydrogens (tertiary/aromatic N) is 4. The fourth-order valence-electron chi connectivity index (χ4n) is 3.08. The van der Waals surface area contributed by atoms with Crippen LogP contribution in [0.25, 0.3) is 22.2 Å². The SMILES string of the molecule is O=C(Nc1ncc2ccc(-c3cncc(OC4CNC4)n3)cc2n1)c1ccc(F)cc1. The third-order valence-electron chi connectivity index (χ3n) is 4.85. The highest BCUT2D eigenvalue weighted by atomic mass is 19.1. The second-order valence-corrected chi connectivity index (χ2v) is 7.07. The minimum atomic E-state index is -0.420. The van der Waals surface area contributed by atoms with E-state index in [0.29, 0.717) is 22.7 Å². The van der Waals surface area contributed by atoms with Gasteiger partial charge in [-0.2, -0.15) is 0 Å². The zero-order valence-corrected chi connectivity index (χ0v) is 16.2. The Morgan fingerprint density at radius 3 is 2.68 bits per heavy atom. The molecule has 2 aromatic heterocycles. The van der Waals surface area contributed by atoms with Gasteiger partial charge in [-0.15, -0.1) is 0 Å². The first-order valence-electron chi connectivity index (χ1n) is 9.67. The molecule has 0 unspecified atom stereocenters. The van der Waals surface area contributed by atoms with Gasteiger partial charge in [0.25, 0.3) is 5.91 Å². The van der Waals surface area contributed by atoms with Gasteiger partial charge in [0.05, 0.1) is 23.6 Å². The van der Waals surface area contributed by atoms with Gasteiger partial charge in [-0.1, -0.05) is 12.1 Å². The molecule has 9 heteroatoms. The summed E-state index contributed by atoms with van der Waals surface area (Å²) in [5, 5.41) is 6.59. The van der Waals surface area contributed by atoms with E-state index in [-0.39, 0.29) is 12.1 Å². The normalized spacial score (nSPS) is 13.6. The molecule has 0 radical (unpaired) electrons. The molecule has 1 fully saturated rings. The number of rotatable bonds is 5.